The number of H-pyrrole nitrogens is 1. The number of carboxylic acid groups (broad SMARTS) is 1. The number of hydrogen-bond donors (Lipinski definition) is 5. The summed E-state index contributed by atoms with van der Waals surface area (Å²) < 4.78 is 0. The van der Waals surface area contributed by atoms with E-state index in [0.29, 0.717) is 25.8 Å². The van der Waals surface area contributed by atoms with Crippen LogP contribution in [0, 0.1) is 0 Å². The Bertz CT molecular complexity index is 1310. The Morgan fingerprint density at radius 1 is 1.03 bits per heavy atom. The average Bonchev–Trinajstić information content (AvgIpc) is 3.56. The van der Waals surface area contributed by atoms with E-state index in [1.54, 1.807) is 6.20 Å². The van der Waals surface area contributed by atoms with Crippen LogP contribution in [0.2, 0.25) is 0 Å². The molecule has 10 heteroatoms. The highest BCUT2D eigenvalue weighted by Gasteiger charge is 2.38. The van der Waals surface area contributed by atoms with E-state index in [2.05, 4.69) is 15.6 Å². The summed E-state index contributed by atoms with van der Waals surface area (Å²) in [4.78, 5) is 55.5. The summed E-state index contributed by atoms with van der Waals surface area (Å²) in [5, 5.41) is 15.9. The van der Waals surface area contributed by atoms with Gasteiger partial charge in [0.2, 0.25) is 17.7 Å². The van der Waals surface area contributed by atoms with Gasteiger partial charge in [0.05, 0.1) is 6.04 Å². The number of nitrogens with two attached hydrogens (primary N) is 1. The molecule has 3 aromatic rings. The highest BCUT2D eigenvalue weighted by molar-refractivity contribution is 5.95. The number of aliphatic carboxylic acids is 1. The number of nitrogens with one attached hydrogen (secondary N) is 3. The molecule has 200 valence electrons. The molecule has 1 aliphatic heterocycles. The van der Waals surface area contributed by atoms with Crippen LogP contribution in [0.5, 0.6) is 0 Å². The lowest BCUT2D eigenvalue weighted by molar-refractivity contribution is -0.149. The molecule has 0 spiro atoms. The number of likely N-dealkylation sites (tertiary alicyclic amines) is 1. The van der Waals surface area contributed by atoms with Crippen LogP contribution in [0.1, 0.15) is 30.9 Å². The first-order valence-electron chi connectivity index (χ1n) is 12.7. The molecular weight excluding hydrogens is 486 g/mol. The van der Waals surface area contributed by atoms with Crippen molar-refractivity contribution in [3.63, 3.8) is 0 Å². The molecule has 0 radical (unpaired) electrons. The molecule has 10 nitrogen and oxygen atoms in total. The van der Waals surface area contributed by atoms with Gasteiger partial charge in [-0.1, -0.05) is 48.5 Å². The van der Waals surface area contributed by atoms with E-state index in [9.17, 15) is 24.3 Å². The molecule has 6 N–H and O–H groups in total. The first-order chi connectivity index (χ1) is 18.2. The molecule has 0 bridgehead atoms. The minimum absolute atomic E-state index is 0.158. The maximum atomic E-state index is 13.5. The van der Waals surface area contributed by atoms with Crippen LogP contribution in [0.15, 0.2) is 60.8 Å². The van der Waals surface area contributed by atoms with Gasteiger partial charge in [0.1, 0.15) is 18.1 Å². The first-order valence-corrected chi connectivity index (χ1v) is 12.7. The highest BCUT2D eigenvalue weighted by atomic mass is 16.4. The van der Waals surface area contributed by atoms with Gasteiger partial charge in [-0.3, -0.25) is 14.4 Å². The number of nitrogens with zero attached hydrogens (tertiary/aromatic N) is 1. The van der Waals surface area contributed by atoms with Crippen LogP contribution in [0.25, 0.3) is 10.9 Å². The van der Waals surface area contributed by atoms with Crippen LogP contribution in [0.4, 0.5) is 0 Å². The summed E-state index contributed by atoms with van der Waals surface area (Å²) in [6.07, 6.45) is 3.19. The molecule has 2 aromatic carbocycles. The van der Waals surface area contributed by atoms with E-state index < -0.39 is 47.9 Å². The van der Waals surface area contributed by atoms with Crippen LogP contribution in [-0.2, 0) is 32.0 Å². The summed E-state index contributed by atoms with van der Waals surface area (Å²) in [7, 11) is 0. The standard InChI is InChI=1S/C28H33N5O5/c1-17(31-26(35)21(29)14-18-8-3-2-4-9-18)25(34)32-23(27(36)33-13-7-12-24(33)28(37)38)15-19-16-30-22-11-6-5-10-20(19)22/h2-6,8-11,16-17,21,23-24,30H,7,12-15,29H2,1H3,(H,31,35)(H,32,34)(H,37,38). The second-order valence-corrected chi connectivity index (χ2v) is 9.68. The molecule has 0 aliphatic carbocycles. The number of aromatic amines is 1. The van der Waals surface area contributed by atoms with Crippen LogP contribution in [-0.4, -0.2) is 69.4 Å². The van der Waals surface area contributed by atoms with Crippen molar-refractivity contribution in [2.75, 3.05) is 6.54 Å². The van der Waals surface area contributed by atoms with Gasteiger partial charge in [0, 0.05) is 30.1 Å². The number of rotatable bonds is 10. The van der Waals surface area contributed by atoms with E-state index in [0.717, 1.165) is 22.0 Å². The van der Waals surface area contributed by atoms with Crippen molar-refractivity contribution in [1.82, 2.24) is 20.5 Å². The third kappa shape index (κ3) is 6.20. The first kappa shape index (κ1) is 26.9. The van der Waals surface area contributed by atoms with Gasteiger partial charge in [-0.05, 0) is 43.4 Å². The van der Waals surface area contributed by atoms with Gasteiger partial charge in [-0.15, -0.1) is 0 Å². The van der Waals surface area contributed by atoms with Gasteiger partial charge in [-0.25, -0.2) is 4.79 Å². The number of hydrogen-bond acceptors (Lipinski definition) is 5. The maximum absolute atomic E-state index is 13.5. The van der Waals surface area contributed by atoms with Gasteiger partial charge >= 0.3 is 5.97 Å². The van der Waals surface area contributed by atoms with Gasteiger partial charge in [0.15, 0.2) is 0 Å². The third-order valence-corrected chi connectivity index (χ3v) is 6.92. The monoisotopic (exact) mass is 519 g/mol. The molecule has 4 atom stereocenters. The second-order valence-electron chi connectivity index (χ2n) is 9.68. The summed E-state index contributed by atoms with van der Waals surface area (Å²) >= 11 is 0. The number of para-hydroxylation sites is 1. The Morgan fingerprint density at radius 2 is 1.74 bits per heavy atom. The predicted molar refractivity (Wildman–Crippen MR) is 142 cm³/mol. The van der Waals surface area contributed by atoms with Crippen molar-refractivity contribution < 1.29 is 24.3 Å². The zero-order chi connectivity index (χ0) is 27.2. The fraction of sp³-hybridized carbons (Fsp3) is 0.357. The SMILES string of the molecule is CC(NC(=O)C(N)Cc1ccccc1)C(=O)NC(Cc1c[nH]c2ccccc12)C(=O)N1CCCC1C(=O)O. The molecule has 38 heavy (non-hydrogen) atoms. The van der Waals surface area contributed by atoms with Gasteiger partial charge < -0.3 is 31.4 Å². The van der Waals surface area contributed by atoms with E-state index in [-0.39, 0.29) is 6.42 Å². The fourth-order valence-electron chi connectivity index (χ4n) is 4.85. The van der Waals surface area contributed by atoms with Crippen LogP contribution >= 0.6 is 0 Å². The van der Waals surface area contributed by atoms with Crippen molar-refractivity contribution in [2.45, 2.75) is 56.8 Å². The molecule has 2 heterocycles. The molecule has 1 aromatic heterocycles. The zero-order valence-electron chi connectivity index (χ0n) is 21.2. The summed E-state index contributed by atoms with van der Waals surface area (Å²) in [6, 6.07) is 13.2. The molecule has 1 aliphatic rings. The molecule has 1 fully saturated rings. The lowest BCUT2D eigenvalue weighted by atomic mass is 10.0. The van der Waals surface area contributed by atoms with Crippen molar-refractivity contribution in [1.29, 1.82) is 0 Å². The molecule has 0 saturated carbocycles. The number of carbonyl (C=O) groups is 4. The summed E-state index contributed by atoms with van der Waals surface area (Å²) in [5.41, 5.74) is 8.65. The summed E-state index contributed by atoms with van der Waals surface area (Å²) in [5.74, 6) is -2.58. The second kappa shape index (κ2) is 11.9. The molecule has 4 unspecified atom stereocenters. The highest BCUT2D eigenvalue weighted by Crippen LogP contribution is 2.23. The number of carbonyl (C=O) groups excluding carboxylic acids is 3. The Balaban J connectivity index is 1.47. The number of fused-ring (bicyclic) bond motifs is 1. The Labute approximate surface area is 220 Å². The molecule has 4 rings (SSSR count). The fourth-order valence-corrected chi connectivity index (χ4v) is 4.85. The quantitative estimate of drug-likeness (QED) is 0.272. The third-order valence-electron chi connectivity index (χ3n) is 6.92. The topological polar surface area (TPSA) is 158 Å². The van der Waals surface area contributed by atoms with Gasteiger partial charge in [0.25, 0.3) is 0 Å². The van der Waals surface area contributed by atoms with Crippen LogP contribution < -0.4 is 16.4 Å². The smallest absolute Gasteiger partial charge is 0.326 e. The molecule has 1 saturated heterocycles. The lowest BCUT2D eigenvalue weighted by Gasteiger charge is -2.28. The maximum Gasteiger partial charge on any atom is 0.326 e. The Morgan fingerprint density at radius 3 is 2.47 bits per heavy atom. The van der Waals surface area contributed by atoms with E-state index in [4.69, 9.17) is 5.73 Å². The molecule has 3 amide bonds. The number of amides is 3. The van der Waals surface area contributed by atoms with Crippen molar-refractivity contribution >= 4 is 34.6 Å². The largest absolute Gasteiger partial charge is 0.480 e. The lowest BCUT2D eigenvalue weighted by Crippen LogP contribution is -2.57. The number of benzene rings is 2. The van der Waals surface area contributed by atoms with Crippen molar-refractivity contribution in [2.24, 2.45) is 5.73 Å². The average molecular weight is 520 g/mol. The van der Waals surface area contributed by atoms with Crippen LogP contribution in [0.3, 0.4) is 0 Å². The minimum Gasteiger partial charge on any atom is -0.480 e. The van der Waals surface area contributed by atoms with Crippen molar-refractivity contribution in [3.05, 3.63) is 71.9 Å². The van der Waals surface area contributed by atoms with Crippen molar-refractivity contribution in [3.8, 4) is 0 Å². The van der Waals surface area contributed by atoms with E-state index in [1.165, 1.54) is 11.8 Å². The minimum atomic E-state index is -1.07. The van der Waals surface area contributed by atoms with E-state index >= 15 is 0 Å². The number of carboxylic acids is 1. The van der Waals surface area contributed by atoms with E-state index in [1.807, 2.05) is 54.6 Å². The zero-order valence-corrected chi connectivity index (χ0v) is 21.2. The summed E-state index contributed by atoms with van der Waals surface area (Å²) in [6.45, 7) is 1.82. The normalized spacial score (nSPS) is 17.5. The number of aromatic nitrogens is 1. The Hall–Kier alpha value is -4.18. The Kier molecular flexibility index (Phi) is 8.42. The predicted octanol–water partition coefficient (Wildman–Crippen LogP) is 1.35. The molecular formula is C28H33N5O5. The van der Waals surface area contributed by atoms with Gasteiger partial charge in [-0.2, -0.15) is 0 Å².